The van der Waals surface area contributed by atoms with E-state index in [0.717, 1.165) is 17.4 Å². The number of aliphatic carboxylic acids is 1. The molecule has 1 saturated heterocycles. The predicted molar refractivity (Wildman–Crippen MR) is 114 cm³/mol. The Morgan fingerprint density at radius 2 is 1.70 bits per heavy atom. The number of carboxylic acids is 1. The Kier molecular flexibility index (Phi) is 6.25. The highest BCUT2D eigenvalue weighted by Crippen LogP contribution is 2.36. The van der Waals surface area contributed by atoms with Gasteiger partial charge in [0.1, 0.15) is 5.84 Å². The number of sulfonamides is 1. The highest BCUT2D eigenvalue weighted by atomic mass is 32.2. The first kappa shape index (κ1) is 21.9. The van der Waals surface area contributed by atoms with Gasteiger partial charge in [-0.25, -0.2) is 8.42 Å². The number of aliphatic hydroxyl groups excluding tert-OH is 1. The molecule has 5 N–H and O–H groups in total. The number of nitrogens with zero attached hydrogens (tertiary/aromatic N) is 1. The summed E-state index contributed by atoms with van der Waals surface area (Å²) in [5, 5.41) is 27.4. The fourth-order valence-electron chi connectivity index (χ4n) is 3.92. The lowest BCUT2D eigenvalue weighted by Gasteiger charge is -2.27. The fourth-order valence-corrected chi connectivity index (χ4v) is 5.10. The van der Waals surface area contributed by atoms with Crippen LogP contribution in [-0.4, -0.2) is 53.6 Å². The first-order valence-electron chi connectivity index (χ1n) is 9.47. The highest BCUT2D eigenvalue weighted by molar-refractivity contribution is 7.88. The predicted octanol–water partition coefficient (Wildman–Crippen LogP) is 1.80. The van der Waals surface area contributed by atoms with E-state index in [9.17, 15) is 18.3 Å². The maximum Gasteiger partial charge on any atom is 0.303 e. The van der Waals surface area contributed by atoms with E-state index in [1.54, 1.807) is 24.3 Å². The molecule has 1 fully saturated rings. The summed E-state index contributed by atoms with van der Waals surface area (Å²) in [6.07, 6.45) is 0.163. The van der Waals surface area contributed by atoms with Crippen LogP contribution in [0.3, 0.4) is 0 Å². The van der Waals surface area contributed by atoms with Crippen molar-refractivity contribution in [3.8, 4) is 11.1 Å². The second kappa shape index (κ2) is 8.55. The van der Waals surface area contributed by atoms with Crippen LogP contribution in [0.5, 0.6) is 0 Å². The van der Waals surface area contributed by atoms with Crippen LogP contribution in [0.4, 0.5) is 0 Å². The summed E-state index contributed by atoms with van der Waals surface area (Å²) in [5.74, 6) is -1.33. The molecule has 30 heavy (non-hydrogen) atoms. The van der Waals surface area contributed by atoms with Gasteiger partial charge in [-0.15, -0.1) is 0 Å². The van der Waals surface area contributed by atoms with Gasteiger partial charge in [-0.1, -0.05) is 48.5 Å². The molecular weight excluding hydrogens is 406 g/mol. The van der Waals surface area contributed by atoms with Crippen LogP contribution >= 0.6 is 0 Å². The number of hydrogen-bond acceptors (Lipinski definition) is 5. The quantitative estimate of drug-likeness (QED) is 0.388. The topological polar surface area (TPSA) is 145 Å². The molecular formula is C21H25N3O5S. The molecule has 1 aliphatic rings. The zero-order chi connectivity index (χ0) is 22.1. The van der Waals surface area contributed by atoms with Gasteiger partial charge in [-0.05, 0) is 29.0 Å². The van der Waals surface area contributed by atoms with Gasteiger partial charge in [-0.3, -0.25) is 10.2 Å². The fraction of sp³-hybridized carbons (Fsp3) is 0.333. The molecule has 0 saturated carbocycles. The van der Waals surface area contributed by atoms with Crippen LogP contribution in [0.2, 0.25) is 0 Å². The molecule has 3 atom stereocenters. The van der Waals surface area contributed by atoms with Crippen LogP contribution in [0.15, 0.2) is 48.5 Å². The van der Waals surface area contributed by atoms with E-state index < -0.39 is 28.1 Å². The number of benzene rings is 2. The second-order valence-electron chi connectivity index (χ2n) is 7.66. The Labute approximate surface area is 175 Å². The van der Waals surface area contributed by atoms with Crippen LogP contribution in [0, 0.1) is 11.3 Å². The number of rotatable bonds is 7. The number of nitrogen functional groups attached to an aromatic ring is 1. The van der Waals surface area contributed by atoms with E-state index in [1.165, 1.54) is 4.31 Å². The molecule has 0 amide bonds. The SMILES string of the molecule is CS(=O)(=O)N1C[C@@H](CC(=O)O)C[C@@H]1C(O)c1ccc(-c2ccc(C(=N)N)cc2)cc1. The molecule has 1 heterocycles. The first-order valence-corrected chi connectivity index (χ1v) is 11.3. The minimum Gasteiger partial charge on any atom is -0.481 e. The first-order chi connectivity index (χ1) is 14.1. The number of nitrogens with two attached hydrogens (primary N) is 1. The zero-order valence-corrected chi connectivity index (χ0v) is 17.3. The van der Waals surface area contributed by atoms with Crippen molar-refractivity contribution in [1.29, 1.82) is 5.41 Å². The number of aliphatic hydroxyl groups is 1. The Bertz CT molecular complexity index is 1040. The monoisotopic (exact) mass is 431 g/mol. The van der Waals surface area contributed by atoms with E-state index >= 15 is 0 Å². The van der Waals surface area contributed by atoms with Crippen molar-refractivity contribution in [2.45, 2.75) is 25.0 Å². The summed E-state index contributed by atoms with van der Waals surface area (Å²) in [5.41, 5.74) is 8.48. The normalized spacial score (nSPS) is 20.7. The molecule has 0 bridgehead atoms. The minimum absolute atomic E-state index is 0.00628. The van der Waals surface area contributed by atoms with Crippen LogP contribution in [0.25, 0.3) is 11.1 Å². The molecule has 0 aliphatic carbocycles. The Balaban J connectivity index is 1.80. The molecule has 160 valence electrons. The third kappa shape index (κ3) is 4.86. The maximum absolute atomic E-state index is 12.2. The number of carboxylic acid groups (broad SMARTS) is 1. The molecule has 0 aromatic heterocycles. The van der Waals surface area contributed by atoms with Gasteiger partial charge in [0, 0.05) is 18.5 Å². The molecule has 2 aromatic carbocycles. The van der Waals surface area contributed by atoms with Crippen molar-refractivity contribution in [2.24, 2.45) is 11.7 Å². The Hall–Kier alpha value is -2.75. The number of carbonyl (C=O) groups is 1. The minimum atomic E-state index is -3.58. The molecule has 9 heteroatoms. The van der Waals surface area contributed by atoms with Crippen molar-refractivity contribution < 1.29 is 23.4 Å². The average Bonchev–Trinajstić information content (AvgIpc) is 3.11. The summed E-state index contributed by atoms with van der Waals surface area (Å²) in [6, 6.07) is 13.6. The van der Waals surface area contributed by atoms with Gasteiger partial charge in [0.25, 0.3) is 0 Å². The smallest absolute Gasteiger partial charge is 0.303 e. The molecule has 0 radical (unpaired) electrons. The lowest BCUT2D eigenvalue weighted by atomic mass is 9.94. The Morgan fingerprint density at radius 1 is 1.17 bits per heavy atom. The summed E-state index contributed by atoms with van der Waals surface area (Å²) < 4.78 is 25.5. The van der Waals surface area contributed by atoms with Crippen LogP contribution < -0.4 is 5.73 Å². The molecule has 0 spiro atoms. The van der Waals surface area contributed by atoms with Crippen molar-refractivity contribution in [3.05, 3.63) is 59.7 Å². The molecule has 8 nitrogen and oxygen atoms in total. The highest BCUT2D eigenvalue weighted by Gasteiger charge is 2.42. The molecule has 1 aliphatic heterocycles. The van der Waals surface area contributed by atoms with Gasteiger partial charge >= 0.3 is 5.97 Å². The third-order valence-electron chi connectivity index (χ3n) is 5.42. The zero-order valence-electron chi connectivity index (χ0n) is 16.5. The molecule has 2 aromatic rings. The van der Waals surface area contributed by atoms with Crippen molar-refractivity contribution in [2.75, 3.05) is 12.8 Å². The average molecular weight is 432 g/mol. The van der Waals surface area contributed by atoms with Crippen LogP contribution in [-0.2, 0) is 14.8 Å². The summed E-state index contributed by atoms with van der Waals surface area (Å²) in [6.45, 7) is 0.0907. The number of amidine groups is 1. The van der Waals surface area contributed by atoms with E-state index in [1.807, 2.05) is 24.3 Å². The summed E-state index contributed by atoms with van der Waals surface area (Å²) >= 11 is 0. The van der Waals surface area contributed by atoms with Gasteiger partial charge in [0.2, 0.25) is 10.0 Å². The van der Waals surface area contributed by atoms with Gasteiger partial charge < -0.3 is 15.9 Å². The van der Waals surface area contributed by atoms with E-state index in [-0.39, 0.29) is 31.1 Å². The van der Waals surface area contributed by atoms with E-state index in [4.69, 9.17) is 16.2 Å². The number of nitrogens with one attached hydrogen (secondary N) is 1. The van der Waals surface area contributed by atoms with Gasteiger partial charge in [-0.2, -0.15) is 4.31 Å². The lowest BCUT2D eigenvalue weighted by molar-refractivity contribution is -0.138. The van der Waals surface area contributed by atoms with Crippen molar-refractivity contribution >= 4 is 21.8 Å². The van der Waals surface area contributed by atoms with E-state index in [0.29, 0.717) is 11.1 Å². The molecule has 3 rings (SSSR count). The largest absolute Gasteiger partial charge is 0.481 e. The molecule has 1 unspecified atom stereocenters. The van der Waals surface area contributed by atoms with Crippen molar-refractivity contribution in [1.82, 2.24) is 4.31 Å². The summed E-state index contributed by atoms with van der Waals surface area (Å²) in [7, 11) is -3.58. The second-order valence-corrected chi connectivity index (χ2v) is 9.59. The summed E-state index contributed by atoms with van der Waals surface area (Å²) in [4.78, 5) is 11.0. The van der Waals surface area contributed by atoms with E-state index in [2.05, 4.69) is 0 Å². The van der Waals surface area contributed by atoms with Gasteiger partial charge in [0.15, 0.2) is 0 Å². The maximum atomic E-state index is 12.2. The van der Waals surface area contributed by atoms with Crippen molar-refractivity contribution in [3.63, 3.8) is 0 Å². The van der Waals surface area contributed by atoms with Crippen LogP contribution in [0.1, 0.15) is 30.1 Å². The van der Waals surface area contributed by atoms with Gasteiger partial charge in [0.05, 0.1) is 18.4 Å². The lowest BCUT2D eigenvalue weighted by Crippen LogP contribution is -2.38. The number of hydrogen-bond donors (Lipinski definition) is 4. The third-order valence-corrected chi connectivity index (χ3v) is 6.69. The standard InChI is InChI=1S/C21H25N3O5S/c1-30(28,29)24-12-13(11-19(25)26)10-18(24)20(27)16-6-2-14(3-7-16)15-4-8-17(9-5-15)21(22)23/h2-9,13,18,20,27H,10-12H2,1H3,(H3,22,23)(H,25,26)/t13-,18-,20?/m1/s1. The Morgan fingerprint density at radius 3 is 2.17 bits per heavy atom.